The Labute approximate surface area is 123 Å². The number of hydrogen-bond acceptors (Lipinski definition) is 4. The molecule has 2 aromatic rings. The van der Waals surface area contributed by atoms with Gasteiger partial charge in [-0.15, -0.1) is 0 Å². The minimum absolute atomic E-state index is 0.107. The largest absolute Gasteiger partial charge is 0.319 e. The van der Waals surface area contributed by atoms with Gasteiger partial charge in [0.25, 0.3) is 0 Å². The van der Waals surface area contributed by atoms with Gasteiger partial charge in [-0.2, -0.15) is 0 Å². The fourth-order valence-corrected chi connectivity index (χ4v) is 3.68. The molecular formula is C13H19N3O2S2. The van der Waals surface area contributed by atoms with Gasteiger partial charge in [-0.3, -0.25) is 0 Å². The van der Waals surface area contributed by atoms with Crippen LogP contribution in [0, 0.1) is 0 Å². The molecule has 0 unspecified atom stereocenters. The maximum absolute atomic E-state index is 11.4. The number of rotatable bonds is 6. The number of primary sulfonamides is 1. The van der Waals surface area contributed by atoms with Crippen LogP contribution in [0.4, 0.5) is 0 Å². The third kappa shape index (κ3) is 3.16. The second-order valence-electron chi connectivity index (χ2n) is 4.54. The Bertz CT molecular complexity index is 708. The molecule has 0 aliphatic rings. The minimum atomic E-state index is -3.68. The van der Waals surface area contributed by atoms with Crippen LogP contribution in [0.5, 0.6) is 0 Å². The molecule has 0 aliphatic carbocycles. The molecule has 1 aromatic carbocycles. The molecule has 0 bridgehead atoms. The van der Waals surface area contributed by atoms with Crippen molar-refractivity contribution in [3.63, 3.8) is 0 Å². The molecule has 0 aliphatic heterocycles. The fraction of sp³-hybridized carbons (Fsp3) is 0.462. The van der Waals surface area contributed by atoms with Gasteiger partial charge in [0.15, 0.2) is 5.16 Å². The number of unbranched alkanes of at least 4 members (excludes halogenated alkanes) is 1. The van der Waals surface area contributed by atoms with Gasteiger partial charge in [0, 0.05) is 12.3 Å². The van der Waals surface area contributed by atoms with Crippen LogP contribution >= 0.6 is 11.8 Å². The Morgan fingerprint density at radius 2 is 2.10 bits per heavy atom. The van der Waals surface area contributed by atoms with Crippen LogP contribution < -0.4 is 5.14 Å². The van der Waals surface area contributed by atoms with Crippen molar-refractivity contribution in [1.82, 2.24) is 9.55 Å². The number of aromatic nitrogens is 2. The molecule has 7 heteroatoms. The molecule has 0 fully saturated rings. The smallest absolute Gasteiger partial charge is 0.238 e. The summed E-state index contributed by atoms with van der Waals surface area (Å²) in [7, 11) is -3.68. The Kier molecular flexibility index (Phi) is 4.72. The molecule has 110 valence electrons. The molecule has 5 nitrogen and oxygen atoms in total. The third-order valence-corrected chi connectivity index (χ3v) is 5.03. The predicted octanol–water partition coefficient (Wildman–Crippen LogP) is 2.60. The summed E-state index contributed by atoms with van der Waals surface area (Å²) < 4.78 is 24.9. The lowest BCUT2D eigenvalue weighted by atomic mass is 10.3. The molecule has 1 heterocycles. The average Bonchev–Trinajstić information content (AvgIpc) is 2.74. The molecule has 20 heavy (non-hydrogen) atoms. The number of sulfonamides is 1. The number of benzene rings is 1. The summed E-state index contributed by atoms with van der Waals surface area (Å²) in [6, 6.07) is 4.85. The molecule has 0 saturated heterocycles. The van der Waals surface area contributed by atoms with E-state index in [0.29, 0.717) is 5.52 Å². The summed E-state index contributed by atoms with van der Waals surface area (Å²) in [5.74, 6) is 1.02. The maximum Gasteiger partial charge on any atom is 0.238 e. The van der Waals surface area contributed by atoms with Crippen molar-refractivity contribution < 1.29 is 8.42 Å². The van der Waals surface area contributed by atoms with Gasteiger partial charge >= 0.3 is 0 Å². The lowest BCUT2D eigenvalue weighted by molar-refractivity contribution is 0.598. The van der Waals surface area contributed by atoms with E-state index < -0.39 is 10.0 Å². The summed E-state index contributed by atoms with van der Waals surface area (Å²) in [5.41, 5.74) is 1.62. The van der Waals surface area contributed by atoms with Crippen LogP contribution in [0.25, 0.3) is 11.0 Å². The minimum Gasteiger partial charge on any atom is -0.319 e. The van der Waals surface area contributed by atoms with E-state index in [9.17, 15) is 8.42 Å². The van der Waals surface area contributed by atoms with Gasteiger partial charge < -0.3 is 4.57 Å². The highest BCUT2D eigenvalue weighted by Gasteiger charge is 2.14. The normalized spacial score (nSPS) is 12.2. The SMILES string of the molecule is CCCCSc1nc2cc(S(N)(=O)=O)ccc2n1CC. The lowest BCUT2D eigenvalue weighted by Crippen LogP contribution is -2.11. The van der Waals surface area contributed by atoms with Crippen LogP contribution in [-0.4, -0.2) is 23.7 Å². The van der Waals surface area contributed by atoms with Crippen LogP contribution in [0.2, 0.25) is 0 Å². The first-order valence-corrected chi connectivity index (χ1v) is 9.16. The van der Waals surface area contributed by atoms with Crippen molar-refractivity contribution in [2.75, 3.05) is 5.75 Å². The second-order valence-corrected chi connectivity index (χ2v) is 7.16. The molecule has 0 saturated carbocycles. The molecule has 0 radical (unpaired) electrons. The van der Waals surface area contributed by atoms with Gasteiger partial charge in [0.05, 0.1) is 15.9 Å². The molecule has 0 amide bonds. The van der Waals surface area contributed by atoms with Crippen LogP contribution in [0.1, 0.15) is 26.7 Å². The predicted molar refractivity (Wildman–Crippen MR) is 82.4 cm³/mol. The van der Waals surface area contributed by atoms with Crippen molar-refractivity contribution in [2.24, 2.45) is 5.14 Å². The summed E-state index contributed by atoms with van der Waals surface area (Å²) in [6.45, 7) is 5.01. The molecule has 1 aromatic heterocycles. The van der Waals surface area contributed by atoms with E-state index >= 15 is 0 Å². The van der Waals surface area contributed by atoms with Crippen molar-refractivity contribution in [3.8, 4) is 0 Å². The first kappa shape index (κ1) is 15.3. The number of aryl methyl sites for hydroxylation is 1. The quantitative estimate of drug-likeness (QED) is 0.657. The zero-order valence-corrected chi connectivity index (χ0v) is 13.3. The third-order valence-electron chi connectivity index (χ3n) is 3.06. The number of nitrogens with two attached hydrogens (primary N) is 1. The van der Waals surface area contributed by atoms with E-state index in [1.807, 2.05) is 0 Å². The summed E-state index contributed by atoms with van der Waals surface area (Å²) in [6.07, 6.45) is 2.29. The number of thioether (sulfide) groups is 1. The van der Waals surface area contributed by atoms with Gasteiger partial charge in [-0.1, -0.05) is 25.1 Å². The summed E-state index contributed by atoms with van der Waals surface area (Å²) in [4.78, 5) is 4.64. The highest BCUT2D eigenvalue weighted by atomic mass is 32.2. The highest BCUT2D eigenvalue weighted by molar-refractivity contribution is 7.99. The Balaban J connectivity index is 2.45. The Hall–Kier alpha value is -1.05. The first-order chi connectivity index (χ1) is 9.47. The lowest BCUT2D eigenvalue weighted by Gasteiger charge is -2.05. The second kappa shape index (κ2) is 6.15. The van der Waals surface area contributed by atoms with Gasteiger partial charge in [0.2, 0.25) is 10.0 Å². The van der Waals surface area contributed by atoms with Crippen molar-refractivity contribution in [3.05, 3.63) is 18.2 Å². The van der Waals surface area contributed by atoms with Crippen LogP contribution in [-0.2, 0) is 16.6 Å². The molecular weight excluding hydrogens is 294 g/mol. The molecule has 2 rings (SSSR count). The zero-order valence-electron chi connectivity index (χ0n) is 11.7. The van der Waals surface area contributed by atoms with Crippen LogP contribution in [0.3, 0.4) is 0 Å². The highest BCUT2D eigenvalue weighted by Crippen LogP contribution is 2.26. The van der Waals surface area contributed by atoms with Gasteiger partial charge in [-0.05, 0) is 31.5 Å². The number of nitrogens with zero attached hydrogens (tertiary/aromatic N) is 2. The molecule has 0 spiro atoms. The topological polar surface area (TPSA) is 78.0 Å². The standard InChI is InChI=1S/C13H19N3O2S2/c1-3-5-8-19-13-15-11-9-10(20(14,17)18)6-7-12(11)16(13)4-2/h6-7,9H,3-5,8H2,1-2H3,(H2,14,17,18). The van der Waals surface area contributed by atoms with Crippen LogP contribution in [0.15, 0.2) is 28.3 Å². The van der Waals surface area contributed by atoms with E-state index in [1.54, 1.807) is 23.9 Å². The van der Waals surface area contributed by atoms with E-state index in [4.69, 9.17) is 5.14 Å². The monoisotopic (exact) mass is 313 g/mol. The van der Waals surface area contributed by atoms with Crippen molar-refractivity contribution >= 4 is 32.8 Å². The Morgan fingerprint density at radius 1 is 1.35 bits per heavy atom. The number of imidazole rings is 1. The van der Waals surface area contributed by atoms with E-state index in [1.165, 1.54) is 6.07 Å². The summed E-state index contributed by atoms with van der Waals surface area (Å²) in [5, 5.41) is 6.09. The van der Waals surface area contributed by atoms with E-state index in [2.05, 4.69) is 23.4 Å². The average molecular weight is 313 g/mol. The van der Waals surface area contributed by atoms with Gasteiger partial charge in [-0.25, -0.2) is 18.5 Å². The van der Waals surface area contributed by atoms with Crippen molar-refractivity contribution in [1.29, 1.82) is 0 Å². The zero-order chi connectivity index (χ0) is 14.8. The molecule has 2 N–H and O–H groups in total. The van der Waals surface area contributed by atoms with Gasteiger partial charge in [0.1, 0.15) is 0 Å². The first-order valence-electron chi connectivity index (χ1n) is 6.63. The number of fused-ring (bicyclic) bond motifs is 1. The Morgan fingerprint density at radius 3 is 2.70 bits per heavy atom. The van der Waals surface area contributed by atoms with E-state index in [-0.39, 0.29) is 4.90 Å². The molecule has 0 atom stereocenters. The van der Waals surface area contributed by atoms with E-state index in [0.717, 1.165) is 35.8 Å². The summed E-state index contributed by atoms with van der Waals surface area (Å²) >= 11 is 1.71. The van der Waals surface area contributed by atoms with Crippen molar-refractivity contribution in [2.45, 2.75) is 43.3 Å². The fourth-order valence-electron chi connectivity index (χ4n) is 1.99. The number of hydrogen-bond donors (Lipinski definition) is 1. The maximum atomic E-state index is 11.4.